The molecule has 0 heterocycles. The molecule has 1 nitrogen and oxygen atoms in total. The zero-order valence-electron chi connectivity index (χ0n) is 10.9. The van der Waals surface area contributed by atoms with Crippen molar-refractivity contribution in [1.82, 2.24) is 0 Å². The Morgan fingerprint density at radius 2 is 2.05 bits per heavy atom. The van der Waals surface area contributed by atoms with Crippen LogP contribution >= 0.6 is 11.6 Å². The molecule has 0 saturated carbocycles. The Balaban J connectivity index is 2.00. The Labute approximate surface area is 122 Å². The first-order valence-electron chi connectivity index (χ1n) is 6.58. The highest BCUT2D eigenvalue weighted by atomic mass is 35.5. The molecule has 0 spiro atoms. The van der Waals surface area contributed by atoms with Gasteiger partial charge in [0.15, 0.2) is 0 Å². The zero-order chi connectivity index (χ0) is 14.2. The number of rotatable bonds is 2. The summed E-state index contributed by atoms with van der Waals surface area (Å²) >= 11 is 5.71. The lowest BCUT2D eigenvalue weighted by Gasteiger charge is -2.22. The fourth-order valence-corrected chi connectivity index (χ4v) is 3.14. The monoisotopic (exact) mass is 285 g/mol. The topological polar surface area (TPSA) is 23.8 Å². The molecule has 3 heteroatoms. The van der Waals surface area contributed by atoms with Gasteiger partial charge in [0.05, 0.1) is 16.5 Å². The summed E-state index contributed by atoms with van der Waals surface area (Å²) in [7, 11) is 0. The highest BCUT2D eigenvalue weighted by Crippen LogP contribution is 2.41. The van der Waals surface area contributed by atoms with Crippen molar-refractivity contribution in [2.45, 2.75) is 24.7 Å². The molecule has 0 amide bonds. The van der Waals surface area contributed by atoms with Crippen molar-refractivity contribution in [3.8, 4) is 6.07 Å². The van der Waals surface area contributed by atoms with Crippen molar-refractivity contribution in [1.29, 1.82) is 5.26 Å². The molecule has 2 aromatic rings. The summed E-state index contributed by atoms with van der Waals surface area (Å²) in [5.74, 6) is -0.427. The van der Waals surface area contributed by atoms with E-state index in [0.29, 0.717) is 6.42 Å². The first-order valence-corrected chi connectivity index (χ1v) is 6.96. The number of fused-ring (bicyclic) bond motifs is 1. The maximum Gasteiger partial charge on any atom is 0.142 e. The smallest absolute Gasteiger partial charge is 0.142 e. The Hall–Kier alpha value is -1.85. The Bertz CT molecular complexity index is 704. The highest BCUT2D eigenvalue weighted by molar-refractivity contribution is 6.30. The normalized spacial score (nSPS) is 20.4. The predicted molar refractivity (Wildman–Crippen MR) is 77.2 cm³/mol. The van der Waals surface area contributed by atoms with Gasteiger partial charge in [-0.15, -0.1) is 0 Å². The Morgan fingerprint density at radius 1 is 1.25 bits per heavy atom. The lowest BCUT2D eigenvalue weighted by molar-refractivity contribution is 0.537. The van der Waals surface area contributed by atoms with Crippen molar-refractivity contribution in [2.75, 3.05) is 0 Å². The van der Waals surface area contributed by atoms with Crippen molar-refractivity contribution in [2.24, 2.45) is 0 Å². The second-order valence-electron chi connectivity index (χ2n) is 5.28. The van der Waals surface area contributed by atoms with Gasteiger partial charge < -0.3 is 0 Å². The molecule has 0 aliphatic heterocycles. The van der Waals surface area contributed by atoms with Crippen LogP contribution in [0, 0.1) is 17.1 Å². The second kappa shape index (κ2) is 4.92. The number of hydrogen-bond donors (Lipinski definition) is 0. The first-order chi connectivity index (χ1) is 9.64. The maximum absolute atomic E-state index is 13.6. The van der Waals surface area contributed by atoms with Crippen LogP contribution in [-0.4, -0.2) is 0 Å². The zero-order valence-corrected chi connectivity index (χ0v) is 11.6. The van der Waals surface area contributed by atoms with E-state index in [9.17, 15) is 9.65 Å². The molecule has 0 aromatic heterocycles. The molecule has 1 aliphatic rings. The second-order valence-corrected chi connectivity index (χ2v) is 5.68. The lowest BCUT2D eigenvalue weighted by Crippen LogP contribution is -2.23. The molecular formula is C17H13ClFN. The van der Waals surface area contributed by atoms with Crippen LogP contribution in [0.5, 0.6) is 0 Å². The van der Waals surface area contributed by atoms with Crippen LogP contribution in [0.15, 0.2) is 42.5 Å². The van der Waals surface area contributed by atoms with Gasteiger partial charge in [-0.2, -0.15) is 5.26 Å². The number of halogens is 2. The van der Waals surface area contributed by atoms with Gasteiger partial charge in [-0.3, -0.25) is 0 Å². The van der Waals surface area contributed by atoms with E-state index in [1.165, 1.54) is 11.6 Å². The van der Waals surface area contributed by atoms with Gasteiger partial charge in [0.2, 0.25) is 0 Å². The van der Waals surface area contributed by atoms with E-state index in [1.54, 1.807) is 12.1 Å². The summed E-state index contributed by atoms with van der Waals surface area (Å²) in [5, 5.41) is 9.80. The minimum absolute atomic E-state index is 0.117. The minimum Gasteiger partial charge on any atom is -0.205 e. The average Bonchev–Trinajstić information content (AvgIpc) is 2.83. The molecule has 0 fully saturated rings. The van der Waals surface area contributed by atoms with Crippen molar-refractivity contribution in [3.63, 3.8) is 0 Å². The molecule has 1 aliphatic carbocycles. The van der Waals surface area contributed by atoms with Crippen molar-refractivity contribution >= 4 is 11.6 Å². The van der Waals surface area contributed by atoms with Gasteiger partial charge in [-0.1, -0.05) is 41.9 Å². The van der Waals surface area contributed by atoms with E-state index < -0.39 is 11.2 Å². The fraction of sp³-hybridized carbons (Fsp3) is 0.235. The summed E-state index contributed by atoms with van der Waals surface area (Å²) in [6.45, 7) is 0. The molecule has 20 heavy (non-hydrogen) atoms. The summed E-state index contributed by atoms with van der Waals surface area (Å²) < 4.78 is 13.6. The van der Waals surface area contributed by atoms with E-state index in [0.717, 1.165) is 24.0 Å². The molecule has 0 bridgehead atoms. The number of nitrogens with zero attached hydrogens (tertiary/aromatic N) is 1. The number of hydrogen-bond acceptors (Lipinski definition) is 1. The fourth-order valence-electron chi connectivity index (χ4n) is 3.03. The standard InChI is InChI=1S/C17H13ClFN/c18-15-6-5-12(9-16(15)19)10-17(11-20)8-7-13-3-1-2-4-14(13)17/h1-6,9H,7-8,10H2. The molecule has 100 valence electrons. The molecule has 1 unspecified atom stereocenters. The van der Waals surface area contributed by atoms with Gasteiger partial charge in [0.25, 0.3) is 0 Å². The van der Waals surface area contributed by atoms with Gasteiger partial charge in [-0.05, 0) is 48.1 Å². The highest BCUT2D eigenvalue weighted by Gasteiger charge is 2.38. The molecule has 3 rings (SSSR count). The molecule has 2 aromatic carbocycles. The van der Waals surface area contributed by atoms with Crippen LogP contribution in [0.3, 0.4) is 0 Å². The third-order valence-electron chi connectivity index (χ3n) is 4.06. The van der Waals surface area contributed by atoms with Crippen molar-refractivity contribution < 1.29 is 4.39 Å². The van der Waals surface area contributed by atoms with Gasteiger partial charge >= 0.3 is 0 Å². The summed E-state index contributed by atoms with van der Waals surface area (Å²) in [6, 6.07) is 15.3. The van der Waals surface area contributed by atoms with Gasteiger partial charge in [-0.25, -0.2) is 4.39 Å². The lowest BCUT2D eigenvalue weighted by atomic mass is 9.78. The van der Waals surface area contributed by atoms with Crippen LogP contribution in [0.4, 0.5) is 4.39 Å². The SMILES string of the molecule is N#CC1(Cc2ccc(Cl)c(F)c2)CCc2ccccc21. The van der Waals surface area contributed by atoms with Crippen LogP contribution < -0.4 is 0 Å². The molecule has 1 atom stereocenters. The largest absolute Gasteiger partial charge is 0.205 e. The summed E-state index contributed by atoms with van der Waals surface area (Å²) in [4.78, 5) is 0. The number of nitriles is 1. The molecular weight excluding hydrogens is 273 g/mol. The van der Waals surface area contributed by atoms with E-state index in [-0.39, 0.29) is 5.02 Å². The maximum atomic E-state index is 13.6. The van der Waals surface area contributed by atoms with E-state index in [1.807, 2.05) is 18.2 Å². The Kier molecular flexibility index (Phi) is 3.23. The van der Waals surface area contributed by atoms with E-state index >= 15 is 0 Å². The average molecular weight is 286 g/mol. The third-order valence-corrected chi connectivity index (χ3v) is 4.36. The van der Waals surface area contributed by atoms with Gasteiger partial charge in [0.1, 0.15) is 5.82 Å². The number of benzene rings is 2. The molecule has 0 N–H and O–H groups in total. The minimum atomic E-state index is -0.545. The third kappa shape index (κ3) is 2.09. The Morgan fingerprint density at radius 3 is 2.80 bits per heavy atom. The molecule has 0 radical (unpaired) electrons. The van der Waals surface area contributed by atoms with Crippen LogP contribution in [-0.2, 0) is 18.3 Å². The van der Waals surface area contributed by atoms with Crippen LogP contribution in [0.1, 0.15) is 23.1 Å². The predicted octanol–water partition coefficient (Wildman–Crippen LogP) is 4.43. The van der Waals surface area contributed by atoms with E-state index in [4.69, 9.17) is 11.6 Å². The van der Waals surface area contributed by atoms with Crippen molar-refractivity contribution in [3.05, 3.63) is 70.0 Å². The summed E-state index contributed by atoms with van der Waals surface area (Å²) in [5.41, 5.74) is 2.57. The van der Waals surface area contributed by atoms with Crippen LogP contribution in [0.2, 0.25) is 5.02 Å². The van der Waals surface area contributed by atoms with Crippen LogP contribution in [0.25, 0.3) is 0 Å². The summed E-state index contributed by atoms with van der Waals surface area (Å²) in [6.07, 6.45) is 2.21. The van der Waals surface area contributed by atoms with Gasteiger partial charge in [0, 0.05) is 0 Å². The molecule has 0 saturated heterocycles. The quantitative estimate of drug-likeness (QED) is 0.801. The first kappa shape index (κ1) is 13.1. The van der Waals surface area contributed by atoms with E-state index in [2.05, 4.69) is 12.1 Å². The number of aryl methyl sites for hydroxylation is 1.